The van der Waals surface area contributed by atoms with Gasteiger partial charge in [0.05, 0.1) is 11.3 Å². The number of amides is 1. The van der Waals surface area contributed by atoms with E-state index in [1.807, 2.05) is 6.07 Å². The Morgan fingerprint density at radius 2 is 2.11 bits per heavy atom. The Kier molecular flexibility index (Phi) is 6.19. The van der Waals surface area contributed by atoms with Gasteiger partial charge >= 0.3 is 0 Å². The molecule has 1 saturated heterocycles. The van der Waals surface area contributed by atoms with Crippen LogP contribution in [-0.4, -0.2) is 61.4 Å². The topological polar surface area (TPSA) is 118 Å². The number of halogens is 1. The number of nitrogens with one attached hydrogen (secondary N) is 1. The molecular weight excluding hydrogens is 436 g/mol. The molecule has 3 N–H and O–H groups in total. The molecule has 0 radical (unpaired) electrons. The molecule has 3 rings (SSSR count). The summed E-state index contributed by atoms with van der Waals surface area (Å²) in [5, 5.41) is 8.17. The molecule has 8 nitrogen and oxygen atoms in total. The Morgan fingerprint density at radius 3 is 2.74 bits per heavy atom. The number of aromatic nitrogens is 2. The number of hydrogen-bond acceptors (Lipinski definition) is 5. The Hall–Kier alpha value is -1.49. The number of sulfonamides is 1. The molecule has 0 spiro atoms. The lowest BCUT2D eigenvalue weighted by Gasteiger charge is -2.30. The Balaban J connectivity index is 1.76. The van der Waals surface area contributed by atoms with Crippen molar-refractivity contribution in [3.8, 4) is 0 Å². The molecular formula is C17H23BrN4O4S. The summed E-state index contributed by atoms with van der Waals surface area (Å²) in [6.07, 6.45) is 1.88. The van der Waals surface area contributed by atoms with Gasteiger partial charge in [0.2, 0.25) is 10.0 Å². The molecule has 0 bridgehead atoms. The number of rotatable bonds is 7. The van der Waals surface area contributed by atoms with Gasteiger partial charge in [-0.1, -0.05) is 15.9 Å². The molecule has 10 heteroatoms. The second-order valence-electron chi connectivity index (χ2n) is 6.69. The van der Waals surface area contributed by atoms with Crippen molar-refractivity contribution >= 4 is 42.8 Å². The molecule has 0 aliphatic carbocycles. The molecule has 2 heterocycles. The van der Waals surface area contributed by atoms with Gasteiger partial charge in [0.25, 0.3) is 5.91 Å². The van der Waals surface area contributed by atoms with Gasteiger partial charge in [-0.05, 0) is 31.4 Å². The van der Waals surface area contributed by atoms with Crippen LogP contribution in [0.25, 0.3) is 10.9 Å². The van der Waals surface area contributed by atoms with Crippen LogP contribution in [-0.2, 0) is 14.8 Å². The summed E-state index contributed by atoms with van der Waals surface area (Å²) in [6, 6.07) is 3.57. The first-order valence-corrected chi connectivity index (χ1v) is 11.2. The van der Waals surface area contributed by atoms with Gasteiger partial charge < -0.3 is 10.5 Å². The number of primary amides is 1. The van der Waals surface area contributed by atoms with Crippen molar-refractivity contribution in [2.75, 3.05) is 32.6 Å². The summed E-state index contributed by atoms with van der Waals surface area (Å²) in [6.45, 7) is 1.38. The molecule has 1 aromatic carbocycles. The number of carbonyl (C=O) groups excluding carboxylic acids is 1. The maximum absolute atomic E-state index is 12.4. The zero-order valence-corrected chi connectivity index (χ0v) is 17.5. The number of H-pyrrole nitrogens is 1. The number of nitrogens with two attached hydrogens (primary N) is 1. The predicted molar refractivity (Wildman–Crippen MR) is 106 cm³/mol. The summed E-state index contributed by atoms with van der Waals surface area (Å²) in [5.41, 5.74) is 7.29. The number of piperidine rings is 1. The molecule has 148 valence electrons. The number of fused-ring (bicyclic) bond motifs is 1. The van der Waals surface area contributed by atoms with Crippen molar-refractivity contribution in [1.82, 2.24) is 14.5 Å². The predicted octanol–water partition coefficient (Wildman–Crippen LogP) is 1.97. The van der Waals surface area contributed by atoms with E-state index >= 15 is 0 Å². The van der Waals surface area contributed by atoms with Gasteiger partial charge in [-0.15, -0.1) is 0 Å². The number of carbonyl (C=O) groups is 1. The number of methoxy groups -OCH3 is 1. The number of hydrogen-bond donors (Lipinski definition) is 2. The number of benzene rings is 1. The standard InChI is InChI=1S/C17H23BrN4O4S/c1-26-7-2-8-27(24,25)22-5-3-11(4-6-22)15-13-9-12(18)10-14(17(19)23)16(13)21-20-15/h9-11H,2-8H2,1H3,(H2,19,23)(H,20,21). The monoisotopic (exact) mass is 458 g/mol. The third kappa shape index (κ3) is 4.34. The van der Waals surface area contributed by atoms with Crippen molar-refractivity contribution in [2.45, 2.75) is 25.2 Å². The summed E-state index contributed by atoms with van der Waals surface area (Å²) >= 11 is 3.41. The van der Waals surface area contributed by atoms with Crippen LogP contribution in [0.1, 0.15) is 41.2 Å². The van der Waals surface area contributed by atoms with E-state index in [9.17, 15) is 13.2 Å². The smallest absolute Gasteiger partial charge is 0.251 e. The molecule has 1 aliphatic heterocycles. The first-order chi connectivity index (χ1) is 12.8. The van der Waals surface area contributed by atoms with Crippen LogP contribution >= 0.6 is 15.9 Å². The van der Waals surface area contributed by atoms with Gasteiger partial charge in [-0.2, -0.15) is 5.10 Å². The zero-order valence-electron chi connectivity index (χ0n) is 15.1. The summed E-state index contributed by atoms with van der Waals surface area (Å²) < 4.78 is 32.1. The number of nitrogens with zero attached hydrogens (tertiary/aromatic N) is 2. The maximum Gasteiger partial charge on any atom is 0.251 e. The average Bonchev–Trinajstić information content (AvgIpc) is 3.04. The quantitative estimate of drug-likeness (QED) is 0.614. The van der Waals surface area contributed by atoms with E-state index < -0.39 is 15.9 Å². The second kappa shape index (κ2) is 8.26. The normalized spacial score (nSPS) is 16.8. The Bertz CT molecular complexity index is 936. The highest BCUT2D eigenvalue weighted by molar-refractivity contribution is 9.10. The van der Waals surface area contributed by atoms with Crippen molar-refractivity contribution < 1.29 is 17.9 Å². The molecule has 2 aromatic rings. The lowest BCUT2D eigenvalue weighted by molar-refractivity contribution is 0.100. The van der Waals surface area contributed by atoms with Crippen molar-refractivity contribution in [3.05, 3.63) is 27.9 Å². The maximum atomic E-state index is 12.4. The van der Waals surface area contributed by atoms with Gasteiger partial charge in [0.1, 0.15) is 5.52 Å². The molecule has 27 heavy (non-hydrogen) atoms. The van der Waals surface area contributed by atoms with Gasteiger partial charge in [-0.25, -0.2) is 12.7 Å². The highest BCUT2D eigenvalue weighted by Gasteiger charge is 2.30. The molecule has 1 amide bonds. The highest BCUT2D eigenvalue weighted by atomic mass is 79.9. The largest absolute Gasteiger partial charge is 0.385 e. The average molecular weight is 459 g/mol. The lowest BCUT2D eigenvalue weighted by atomic mass is 9.92. The SMILES string of the molecule is COCCCS(=O)(=O)N1CCC(c2[nH]nc3c(C(N)=O)cc(Br)cc23)CC1. The molecule has 0 unspecified atom stereocenters. The summed E-state index contributed by atoms with van der Waals surface area (Å²) in [7, 11) is -1.69. The minimum atomic E-state index is -3.26. The first kappa shape index (κ1) is 20.2. The summed E-state index contributed by atoms with van der Waals surface area (Å²) in [4.78, 5) is 11.7. The molecule has 0 atom stereocenters. The van der Waals surface area contributed by atoms with Crippen molar-refractivity contribution in [1.29, 1.82) is 0 Å². The molecule has 1 fully saturated rings. The zero-order chi connectivity index (χ0) is 19.6. The van der Waals surface area contributed by atoms with E-state index in [0.29, 0.717) is 50.0 Å². The van der Waals surface area contributed by atoms with E-state index in [0.717, 1.165) is 15.6 Å². The first-order valence-electron chi connectivity index (χ1n) is 8.77. The fourth-order valence-electron chi connectivity index (χ4n) is 3.54. The molecule has 1 aromatic heterocycles. The van der Waals surface area contributed by atoms with Gasteiger partial charge in [0.15, 0.2) is 0 Å². The van der Waals surface area contributed by atoms with E-state index in [2.05, 4.69) is 26.1 Å². The summed E-state index contributed by atoms with van der Waals surface area (Å²) in [5.74, 6) is -0.278. The van der Waals surface area contributed by atoms with Crippen LogP contribution in [0.5, 0.6) is 0 Å². The van der Waals surface area contributed by atoms with Crippen LogP contribution in [0.4, 0.5) is 0 Å². The van der Waals surface area contributed by atoms with Crippen LogP contribution in [0.2, 0.25) is 0 Å². The Labute approximate surface area is 166 Å². The van der Waals surface area contributed by atoms with E-state index in [1.165, 1.54) is 0 Å². The minimum absolute atomic E-state index is 0.105. The third-order valence-corrected chi connectivity index (χ3v) is 7.34. The van der Waals surface area contributed by atoms with Crippen LogP contribution in [0.3, 0.4) is 0 Å². The Morgan fingerprint density at radius 1 is 1.41 bits per heavy atom. The van der Waals surface area contributed by atoms with Crippen LogP contribution < -0.4 is 5.73 Å². The minimum Gasteiger partial charge on any atom is -0.385 e. The van der Waals surface area contributed by atoms with E-state index in [-0.39, 0.29) is 11.7 Å². The third-order valence-electron chi connectivity index (χ3n) is 4.92. The molecule has 0 saturated carbocycles. The van der Waals surface area contributed by atoms with Crippen molar-refractivity contribution in [2.24, 2.45) is 5.73 Å². The van der Waals surface area contributed by atoms with Crippen LogP contribution in [0, 0.1) is 0 Å². The van der Waals surface area contributed by atoms with Crippen molar-refractivity contribution in [3.63, 3.8) is 0 Å². The second-order valence-corrected chi connectivity index (χ2v) is 9.69. The van der Waals surface area contributed by atoms with E-state index in [1.54, 1.807) is 17.5 Å². The number of aromatic amines is 1. The number of ether oxygens (including phenoxy) is 1. The van der Waals surface area contributed by atoms with Gasteiger partial charge in [-0.3, -0.25) is 9.89 Å². The lowest BCUT2D eigenvalue weighted by Crippen LogP contribution is -2.39. The highest BCUT2D eigenvalue weighted by Crippen LogP contribution is 2.34. The molecule has 1 aliphatic rings. The van der Waals surface area contributed by atoms with Crippen LogP contribution in [0.15, 0.2) is 16.6 Å². The fourth-order valence-corrected chi connectivity index (χ4v) is 5.50. The fraction of sp³-hybridized carbons (Fsp3) is 0.529. The van der Waals surface area contributed by atoms with E-state index in [4.69, 9.17) is 10.5 Å². The van der Waals surface area contributed by atoms with Gasteiger partial charge in [0, 0.05) is 48.3 Å².